The third-order valence-corrected chi connectivity index (χ3v) is 6.84. The number of nitrogens with zero attached hydrogens (tertiary/aromatic N) is 2. The molecule has 0 aromatic heterocycles. The van der Waals surface area contributed by atoms with Crippen LogP contribution in [0, 0.1) is 0 Å². The first kappa shape index (κ1) is 26.2. The number of rotatable bonds is 12. The van der Waals surface area contributed by atoms with Gasteiger partial charge >= 0.3 is 0 Å². The summed E-state index contributed by atoms with van der Waals surface area (Å²) in [6, 6.07) is 18.7. The molecule has 0 fully saturated rings. The Kier molecular flexibility index (Phi) is 8.43. The molecule has 1 N–H and O–H groups in total. The maximum Gasteiger partial charge on any atom is 0.258 e. The molecule has 0 saturated heterocycles. The standard InChI is InChI=1S/C30H35N3O4/c1-4-17-31-29(35)25(5-2)33(20-21-10-6-13-23(19-21)37-3)27(34)16-9-18-32-26-15-8-12-22-11-7-14-24(28(22)26)30(32)36/h6-8,10-15,19,25H,4-5,9,16-18,20H2,1-3H3,(H,31,35). The second-order valence-corrected chi connectivity index (χ2v) is 9.33. The summed E-state index contributed by atoms with van der Waals surface area (Å²) < 4.78 is 5.35. The Morgan fingerprint density at radius 2 is 1.81 bits per heavy atom. The molecule has 0 bridgehead atoms. The third-order valence-electron chi connectivity index (χ3n) is 6.84. The van der Waals surface area contributed by atoms with Gasteiger partial charge in [-0.25, -0.2) is 0 Å². The van der Waals surface area contributed by atoms with Crippen LogP contribution in [0.5, 0.6) is 5.75 Å². The van der Waals surface area contributed by atoms with Crippen LogP contribution in [0.4, 0.5) is 5.69 Å². The number of benzene rings is 3. The van der Waals surface area contributed by atoms with Gasteiger partial charge in [-0.15, -0.1) is 0 Å². The molecule has 1 heterocycles. The van der Waals surface area contributed by atoms with Crippen molar-refractivity contribution in [1.82, 2.24) is 10.2 Å². The minimum Gasteiger partial charge on any atom is -0.497 e. The van der Waals surface area contributed by atoms with Crippen LogP contribution in [0.3, 0.4) is 0 Å². The van der Waals surface area contributed by atoms with E-state index in [2.05, 4.69) is 5.32 Å². The zero-order chi connectivity index (χ0) is 26.4. The SMILES string of the molecule is CCCNC(=O)C(CC)N(Cc1cccc(OC)c1)C(=O)CCCN1C(=O)c2cccc3cccc1c23. The summed E-state index contributed by atoms with van der Waals surface area (Å²) in [6.45, 7) is 5.23. The molecule has 0 aliphatic carbocycles. The van der Waals surface area contributed by atoms with Crippen LogP contribution in [0.25, 0.3) is 10.8 Å². The van der Waals surface area contributed by atoms with Gasteiger partial charge in [0, 0.05) is 37.0 Å². The first-order chi connectivity index (χ1) is 18.0. The van der Waals surface area contributed by atoms with Gasteiger partial charge in [0.1, 0.15) is 11.8 Å². The van der Waals surface area contributed by atoms with Crippen molar-refractivity contribution in [3.05, 3.63) is 71.8 Å². The van der Waals surface area contributed by atoms with Gasteiger partial charge in [-0.05, 0) is 54.5 Å². The Morgan fingerprint density at radius 3 is 2.54 bits per heavy atom. The van der Waals surface area contributed by atoms with E-state index in [1.165, 1.54) is 0 Å². The van der Waals surface area contributed by atoms with E-state index in [4.69, 9.17) is 4.74 Å². The summed E-state index contributed by atoms with van der Waals surface area (Å²) in [6.07, 6.45) is 2.06. The van der Waals surface area contributed by atoms with Gasteiger partial charge in [0.25, 0.3) is 5.91 Å². The molecule has 0 spiro atoms. The van der Waals surface area contributed by atoms with E-state index in [0.29, 0.717) is 43.8 Å². The fourth-order valence-corrected chi connectivity index (χ4v) is 4.99. The number of nitrogens with one attached hydrogen (secondary N) is 1. The molecule has 3 aromatic carbocycles. The zero-order valence-corrected chi connectivity index (χ0v) is 21.8. The van der Waals surface area contributed by atoms with Crippen LogP contribution >= 0.6 is 0 Å². The molecule has 37 heavy (non-hydrogen) atoms. The van der Waals surface area contributed by atoms with Crippen molar-refractivity contribution in [2.75, 3.05) is 25.1 Å². The van der Waals surface area contributed by atoms with Crippen molar-refractivity contribution in [2.45, 2.75) is 52.1 Å². The summed E-state index contributed by atoms with van der Waals surface area (Å²) in [7, 11) is 1.60. The number of carbonyl (C=O) groups is 3. The van der Waals surface area contributed by atoms with Gasteiger partial charge in [-0.1, -0.05) is 50.2 Å². The van der Waals surface area contributed by atoms with E-state index in [1.807, 2.05) is 74.5 Å². The number of hydrogen-bond donors (Lipinski definition) is 1. The molecule has 1 aliphatic heterocycles. The first-order valence-corrected chi connectivity index (χ1v) is 13.0. The topological polar surface area (TPSA) is 79.0 Å². The van der Waals surface area contributed by atoms with Crippen LogP contribution in [-0.2, 0) is 16.1 Å². The minimum atomic E-state index is -0.573. The van der Waals surface area contributed by atoms with Crippen molar-refractivity contribution in [2.24, 2.45) is 0 Å². The van der Waals surface area contributed by atoms with Crippen LogP contribution in [-0.4, -0.2) is 48.9 Å². The van der Waals surface area contributed by atoms with E-state index in [-0.39, 0.29) is 24.1 Å². The molecule has 4 rings (SSSR count). The van der Waals surface area contributed by atoms with Gasteiger partial charge in [0.2, 0.25) is 11.8 Å². The molecule has 194 valence electrons. The Balaban J connectivity index is 1.49. The van der Waals surface area contributed by atoms with Gasteiger partial charge in [-0.3, -0.25) is 14.4 Å². The monoisotopic (exact) mass is 501 g/mol. The molecule has 1 atom stereocenters. The predicted molar refractivity (Wildman–Crippen MR) is 146 cm³/mol. The zero-order valence-electron chi connectivity index (χ0n) is 21.8. The van der Waals surface area contributed by atoms with Crippen LogP contribution in [0.15, 0.2) is 60.7 Å². The third kappa shape index (κ3) is 5.61. The predicted octanol–water partition coefficient (Wildman–Crippen LogP) is 4.92. The Morgan fingerprint density at radius 1 is 1.05 bits per heavy atom. The van der Waals surface area contributed by atoms with E-state index < -0.39 is 6.04 Å². The number of anilines is 1. The number of ether oxygens (including phenoxy) is 1. The molecule has 0 radical (unpaired) electrons. The maximum atomic E-state index is 13.6. The molecule has 3 amide bonds. The lowest BCUT2D eigenvalue weighted by Gasteiger charge is -2.31. The van der Waals surface area contributed by atoms with E-state index >= 15 is 0 Å². The quantitative estimate of drug-likeness (QED) is 0.382. The van der Waals surface area contributed by atoms with Crippen LogP contribution in [0.2, 0.25) is 0 Å². The fraction of sp³-hybridized carbons (Fsp3) is 0.367. The lowest BCUT2D eigenvalue weighted by molar-refractivity contribution is -0.141. The lowest BCUT2D eigenvalue weighted by Crippen LogP contribution is -2.49. The van der Waals surface area contributed by atoms with Crippen molar-refractivity contribution in [1.29, 1.82) is 0 Å². The van der Waals surface area contributed by atoms with Crippen molar-refractivity contribution in [3.63, 3.8) is 0 Å². The summed E-state index contributed by atoms with van der Waals surface area (Å²) in [4.78, 5) is 43.1. The average molecular weight is 502 g/mol. The Labute approximate surface area is 218 Å². The molecule has 7 heteroatoms. The van der Waals surface area contributed by atoms with Crippen molar-refractivity contribution >= 4 is 34.2 Å². The molecular formula is C30H35N3O4. The second kappa shape index (κ2) is 11.9. The second-order valence-electron chi connectivity index (χ2n) is 9.33. The van der Waals surface area contributed by atoms with Crippen LogP contribution in [0.1, 0.15) is 55.5 Å². The molecular weight excluding hydrogens is 466 g/mol. The molecule has 1 aliphatic rings. The molecule has 3 aromatic rings. The number of hydrogen-bond acceptors (Lipinski definition) is 4. The van der Waals surface area contributed by atoms with Crippen LogP contribution < -0.4 is 15.0 Å². The summed E-state index contributed by atoms with van der Waals surface area (Å²) in [5.41, 5.74) is 2.49. The lowest BCUT2D eigenvalue weighted by atomic mass is 10.1. The highest BCUT2D eigenvalue weighted by molar-refractivity contribution is 6.25. The Bertz CT molecular complexity index is 1280. The van der Waals surface area contributed by atoms with E-state index in [9.17, 15) is 14.4 Å². The average Bonchev–Trinajstić information content (AvgIpc) is 3.19. The Hall–Kier alpha value is -3.87. The summed E-state index contributed by atoms with van der Waals surface area (Å²) in [5.74, 6) is 0.425. The highest BCUT2D eigenvalue weighted by Crippen LogP contribution is 2.37. The van der Waals surface area contributed by atoms with Gasteiger partial charge in [-0.2, -0.15) is 0 Å². The number of methoxy groups -OCH3 is 1. The number of carbonyl (C=O) groups excluding carboxylic acids is 3. The minimum absolute atomic E-state index is 0.0298. The molecule has 0 saturated carbocycles. The van der Waals surface area contributed by atoms with E-state index in [1.54, 1.807) is 16.9 Å². The van der Waals surface area contributed by atoms with Gasteiger partial charge in [0.15, 0.2) is 0 Å². The normalized spacial score (nSPS) is 13.1. The summed E-state index contributed by atoms with van der Waals surface area (Å²) >= 11 is 0. The van der Waals surface area contributed by atoms with Crippen molar-refractivity contribution in [3.8, 4) is 5.75 Å². The highest BCUT2D eigenvalue weighted by atomic mass is 16.5. The molecule has 7 nitrogen and oxygen atoms in total. The van der Waals surface area contributed by atoms with E-state index in [0.717, 1.165) is 28.4 Å². The van der Waals surface area contributed by atoms with Crippen molar-refractivity contribution < 1.29 is 19.1 Å². The first-order valence-electron chi connectivity index (χ1n) is 13.0. The van der Waals surface area contributed by atoms with Gasteiger partial charge < -0.3 is 19.9 Å². The number of amides is 3. The largest absolute Gasteiger partial charge is 0.497 e. The molecule has 1 unspecified atom stereocenters. The smallest absolute Gasteiger partial charge is 0.258 e. The maximum absolute atomic E-state index is 13.6. The summed E-state index contributed by atoms with van der Waals surface area (Å²) in [5, 5.41) is 4.95. The van der Waals surface area contributed by atoms with Gasteiger partial charge in [0.05, 0.1) is 12.8 Å². The fourth-order valence-electron chi connectivity index (χ4n) is 4.99. The highest BCUT2D eigenvalue weighted by Gasteiger charge is 2.31.